The molecule has 0 saturated heterocycles. The lowest BCUT2D eigenvalue weighted by Gasteiger charge is -2.25. The molecule has 0 aromatic heterocycles. The number of carboxylic acids is 1. The Bertz CT molecular complexity index is 620. The van der Waals surface area contributed by atoms with Crippen LogP contribution in [0.25, 0.3) is 0 Å². The first-order chi connectivity index (χ1) is 9.95. The maximum Gasteiger partial charge on any atom is 0.458 e. The minimum Gasteiger partial charge on any atom is -0.545 e. The largest absolute Gasteiger partial charge is 0.545 e. The Morgan fingerprint density at radius 3 is 2.23 bits per heavy atom. The quantitative estimate of drug-likeness (QED) is 0.802. The third-order valence-electron chi connectivity index (χ3n) is 2.73. The van der Waals surface area contributed by atoms with Gasteiger partial charge in [0, 0.05) is 17.1 Å². The Kier molecular flexibility index (Phi) is 5.18. The van der Waals surface area contributed by atoms with E-state index < -0.39 is 35.2 Å². The average molecular weight is 387 g/mol. The van der Waals surface area contributed by atoms with Gasteiger partial charge in [-0.3, -0.25) is 4.79 Å². The summed E-state index contributed by atoms with van der Waals surface area (Å²) < 4.78 is 55.0. The van der Waals surface area contributed by atoms with Gasteiger partial charge in [0.1, 0.15) is 0 Å². The molecule has 22 heavy (non-hydrogen) atoms. The summed E-state index contributed by atoms with van der Waals surface area (Å²) in [5.41, 5.74) is -0.758. The monoisotopic (exact) mass is 386 g/mol. The van der Waals surface area contributed by atoms with Crippen molar-refractivity contribution in [3.63, 3.8) is 0 Å². The molecular formula is C12H9BrF4NO4-. The number of nitrogens with one attached hydrogen (secondary N) is 1. The molecule has 1 unspecified atom stereocenters. The number of benzene rings is 1. The van der Waals surface area contributed by atoms with Crippen LogP contribution in [-0.2, 0) is 9.53 Å². The van der Waals surface area contributed by atoms with Crippen LogP contribution in [0.3, 0.4) is 0 Å². The summed E-state index contributed by atoms with van der Waals surface area (Å²) in [6.07, 6.45) is -5.64. The van der Waals surface area contributed by atoms with Crippen molar-refractivity contribution in [1.82, 2.24) is 0 Å². The van der Waals surface area contributed by atoms with Gasteiger partial charge in [-0.25, -0.2) is 0 Å². The van der Waals surface area contributed by atoms with Crippen LogP contribution in [0, 0.1) is 6.92 Å². The van der Waals surface area contributed by atoms with E-state index in [1.165, 1.54) is 13.0 Å². The summed E-state index contributed by atoms with van der Waals surface area (Å²) in [5.74, 6) is -8.59. The number of ether oxygens (including phenoxy) is 1. The number of anilines is 1. The highest BCUT2D eigenvalue weighted by atomic mass is 79.9. The molecular weight excluding hydrogens is 378 g/mol. The van der Waals surface area contributed by atoms with Crippen molar-refractivity contribution in [3.8, 4) is 0 Å². The first kappa shape index (κ1) is 18.4. The molecule has 0 heterocycles. The Hall–Kier alpha value is -1.68. The number of amides is 1. The molecule has 5 nitrogen and oxygen atoms in total. The summed E-state index contributed by atoms with van der Waals surface area (Å²) in [6, 6.07) is 2.32. The average Bonchev–Trinajstić information content (AvgIpc) is 2.40. The molecule has 0 radical (unpaired) electrons. The molecule has 1 rings (SSSR count). The number of carboxylic acid groups (broad SMARTS) is 1. The third-order valence-corrected chi connectivity index (χ3v) is 3.75. The lowest BCUT2D eigenvalue weighted by atomic mass is 10.1. The van der Waals surface area contributed by atoms with E-state index in [-0.39, 0.29) is 4.47 Å². The van der Waals surface area contributed by atoms with E-state index in [4.69, 9.17) is 0 Å². The smallest absolute Gasteiger partial charge is 0.458 e. The predicted molar refractivity (Wildman–Crippen MR) is 68.7 cm³/mol. The van der Waals surface area contributed by atoms with Gasteiger partial charge in [-0.15, -0.1) is 0 Å². The number of hydrogen-bond donors (Lipinski definition) is 1. The van der Waals surface area contributed by atoms with E-state index in [0.717, 1.165) is 6.07 Å². The fourth-order valence-electron chi connectivity index (χ4n) is 1.52. The maximum atomic E-state index is 13.7. The molecule has 0 aliphatic carbocycles. The van der Waals surface area contributed by atoms with Crippen molar-refractivity contribution in [3.05, 3.63) is 27.7 Å². The van der Waals surface area contributed by atoms with Crippen LogP contribution in [0.1, 0.15) is 15.9 Å². The summed E-state index contributed by atoms with van der Waals surface area (Å²) >= 11 is 2.91. The van der Waals surface area contributed by atoms with E-state index in [1.807, 2.05) is 0 Å². The highest BCUT2D eigenvalue weighted by Gasteiger charge is 2.63. The maximum absolute atomic E-state index is 13.7. The number of methoxy groups -OCH3 is 1. The van der Waals surface area contributed by atoms with Crippen LogP contribution in [0.4, 0.5) is 23.2 Å². The molecule has 0 aliphatic heterocycles. The number of hydrogen-bond acceptors (Lipinski definition) is 4. The third kappa shape index (κ3) is 3.22. The number of rotatable bonds is 4. The normalized spacial score (nSPS) is 14.3. The van der Waals surface area contributed by atoms with E-state index >= 15 is 0 Å². The Morgan fingerprint density at radius 1 is 1.27 bits per heavy atom. The van der Waals surface area contributed by atoms with E-state index in [9.17, 15) is 32.3 Å². The van der Waals surface area contributed by atoms with E-state index in [2.05, 4.69) is 20.7 Å². The molecule has 0 spiro atoms. The first-order valence-electron chi connectivity index (χ1n) is 5.58. The highest BCUT2D eigenvalue weighted by molar-refractivity contribution is 9.10. The van der Waals surface area contributed by atoms with Crippen molar-refractivity contribution >= 4 is 33.5 Å². The van der Waals surface area contributed by atoms with Crippen molar-refractivity contribution in [1.29, 1.82) is 0 Å². The molecule has 1 atom stereocenters. The number of alkyl halides is 4. The van der Waals surface area contributed by atoms with Gasteiger partial charge in [-0.1, -0.05) is 6.07 Å². The molecule has 0 bridgehead atoms. The van der Waals surface area contributed by atoms with Crippen LogP contribution < -0.4 is 10.4 Å². The Morgan fingerprint density at radius 2 is 1.82 bits per heavy atom. The van der Waals surface area contributed by atoms with Crippen molar-refractivity contribution in [2.24, 2.45) is 0 Å². The van der Waals surface area contributed by atoms with E-state index in [1.54, 1.807) is 5.32 Å². The molecule has 1 N–H and O–H groups in total. The van der Waals surface area contributed by atoms with Gasteiger partial charge >= 0.3 is 12.0 Å². The predicted octanol–water partition coefficient (Wildman–Crippen LogP) is 1.93. The van der Waals surface area contributed by atoms with Gasteiger partial charge in [0.2, 0.25) is 0 Å². The van der Waals surface area contributed by atoms with Crippen molar-refractivity contribution in [2.45, 2.75) is 19.0 Å². The number of carbonyl (C=O) groups excluding carboxylic acids is 2. The van der Waals surface area contributed by atoms with Crippen LogP contribution in [0.2, 0.25) is 0 Å². The van der Waals surface area contributed by atoms with Crippen LogP contribution in [-0.4, -0.2) is 31.0 Å². The molecule has 0 saturated carbocycles. The lowest BCUT2D eigenvalue weighted by Crippen LogP contribution is -2.52. The van der Waals surface area contributed by atoms with Gasteiger partial charge in [0.05, 0.1) is 11.7 Å². The second kappa shape index (κ2) is 6.21. The molecule has 122 valence electrons. The topological polar surface area (TPSA) is 78.5 Å². The van der Waals surface area contributed by atoms with Crippen LogP contribution in [0.15, 0.2) is 16.6 Å². The standard InChI is InChI=1S/C12H10BrF4NO4/c1-5-3-4-6(7(8(5)13)9(19)20)18-10(21)11(14,22-2)12(15,16)17/h3-4H,1-2H3,(H,18,21)(H,19,20)/p-1. The first-order valence-corrected chi connectivity index (χ1v) is 6.37. The second-order valence-corrected chi connectivity index (χ2v) is 4.95. The molecule has 0 fully saturated rings. The molecule has 0 aliphatic rings. The lowest BCUT2D eigenvalue weighted by molar-refractivity contribution is -0.305. The zero-order chi connectivity index (χ0) is 17.3. The minimum atomic E-state index is -5.64. The summed E-state index contributed by atoms with van der Waals surface area (Å²) in [5, 5.41) is 12.6. The van der Waals surface area contributed by atoms with Gasteiger partial charge in [-0.2, -0.15) is 17.6 Å². The van der Waals surface area contributed by atoms with Crippen LogP contribution >= 0.6 is 15.9 Å². The number of halogens is 5. The second-order valence-electron chi connectivity index (χ2n) is 4.16. The zero-order valence-corrected chi connectivity index (χ0v) is 12.8. The fraction of sp³-hybridized carbons (Fsp3) is 0.333. The summed E-state index contributed by atoms with van der Waals surface area (Å²) in [6.45, 7) is 1.51. The number of carbonyl (C=O) groups is 2. The SMILES string of the molecule is COC(F)(C(=O)Nc1ccc(C)c(Br)c1C(=O)[O-])C(F)(F)F. The highest BCUT2D eigenvalue weighted by Crippen LogP contribution is 2.36. The fourth-order valence-corrected chi connectivity index (χ4v) is 2.03. The number of aryl methyl sites for hydroxylation is 1. The van der Waals surface area contributed by atoms with Crippen molar-refractivity contribution in [2.75, 3.05) is 12.4 Å². The van der Waals surface area contributed by atoms with Crippen molar-refractivity contribution < 1.29 is 37.0 Å². The van der Waals surface area contributed by atoms with Gasteiger partial charge in [-0.05, 0) is 34.5 Å². The number of aromatic carboxylic acids is 1. The molecule has 10 heteroatoms. The molecule has 1 aromatic carbocycles. The van der Waals surface area contributed by atoms with Gasteiger partial charge in [0.15, 0.2) is 0 Å². The Labute approximate surface area is 130 Å². The van der Waals surface area contributed by atoms with Gasteiger partial charge in [0.25, 0.3) is 5.91 Å². The summed E-state index contributed by atoms with van der Waals surface area (Å²) in [4.78, 5) is 22.6. The van der Waals surface area contributed by atoms with E-state index in [0.29, 0.717) is 12.7 Å². The molecule has 1 aromatic rings. The minimum absolute atomic E-state index is 0.0146. The summed E-state index contributed by atoms with van der Waals surface area (Å²) in [7, 11) is 0.359. The molecule has 1 amide bonds. The Balaban J connectivity index is 3.29. The zero-order valence-electron chi connectivity index (χ0n) is 11.2. The van der Waals surface area contributed by atoms with Gasteiger partial charge < -0.3 is 20.0 Å². The van der Waals surface area contributed by atoms with Crippen LogP contribution in [0.5, 0.6) is 0 Å².